The third-order valence-electron chi connectivity index (χ3n) is 6.85. The first-order chi connectivity index (χ1) is 18.1. The number of hydrogen-bond acceptors (Lipinski definition) is 6. The Hall–Kier alpha value is -4.14. The molecule has 1 aromatic heterocycles. The number of nitrogens with two attached hydrogens (primary N) is 1. The van der Waals surface area contributed by atoms with Crippen molar-refractivity contribution < 1.29 is 18.7 Å². The van der Waals surface area contributed by atoms with Crippen LogP contribution in [0.4, 0.5) is 17.3 Å². The first-order valence-electron chi connectivity index (χ1n) is 12.5. The topological polar surface area (TPSA) is 107 Å². The predicted molar refractivity (Wildman–Crippen MR) is 146 cm³/mol. The fraction of sp³-hybridized carbons (Fsp3) is 0.241. The molecule has 0 bridgehead atoms. The number of rotatable bonds is 10. The van der Waals surface area contributed by atoms with Crippen LogP contribution < -0.4 is 25.6 Å². The number of para-hydroxylation sites is 3. The van der Waals surface area contributed by atoms with Gasteiger partial charge in [-0.05, 0) is 61.9 Å². The summed E-state index contributed by atoms with van der Waals surface area (Å²) in [4.78, 5) is 25.2. The number of furan rings is 1. The molecule has 1 saturated heterocycles. The van der Waals surface area contributed by atoms with E-state index in [1.54, 1.807) is 36.4 Å². The van der Waals surface area contributed by atoms with Gasteiger partial charge in [0.15, 0.2) is 0 Å². The molecule has 0 spiro atoms. The van der Waals surface area contributed by atoms with Crippen LogP contribution in [0.2, 0.25) is 0 Å². The SMILES string of the molecule is Nc1ccccc1NC(=O)c1ccc(OCC[N+](C=O)(CC2CCCN2)c2cc3ccccc3o2)cc1. The zero-order valence-corrected chi connectivity index (χ0v) is 20.6. The monoisotopic (exact) mass is 499 g/mol. The van der Waals surface area contributed by atoms with Crippen LogP contribution in [0, 0.1) is 0 Å². The Labute approximate surface area is 215 Å². The number of amides is 2. The van der Waals surface area contributed by atoms with Crippen molar-refractivity contribution in [2.75, 3.05) is 37.3 Å². The normalized spacial score (nSPS) is 16.8. The van der Waals surface area contributed by atoms with Gasteiger partial charge < -0.3 is 25.5 Å². The summed E-state index contributed by atoms with van der Waals surface area (Å²) in [6, 6.07) is 24.0. The number of fused-ring (bicyclic) bond motifs is 1. The number of carbonyl (C=O) groups excluding carboxylic acids is 2. The number of carbonyl (C=O) groups is 2. The van der Waals surface area contributed by atoms with Crippen LogP contribution in [0.5, 0.6) is 5.75 Å². The van der Waals surface area contributed by atoms with Gasteiger partial charge in [-0.25, -0.2) is 4.79 Å². The van der Waals surface area contributed by atoms with Crippen LogP contribution in [0.15, 0.2) is 83.3 Å². The molecule has 2 heterocycles. The quantitative estimate of drug-likeness (QED) is 0.168. The minimum absolute atomic E-state index is 0.0331. The molecule has 2 unspecified atom stereocenters. The third-order valence-corrected chi connectivity index (χ3v) is 6.85. The Bertz CT molecular complexity index is 1350. The molecule has 2 amide bonds. The smallest absolute Gasteiger partial charge is 0.309 e. The van der Waals surface area contributed by atoms with E-state index >= 15 is 0 Å². The van der Waals surface area contributed by atoms with Gasteiger partial charge in [0.05, 0.1) is 23.5 Å². The number of nitrogens with zero attached hydrogens (tertiary/aromatic N) is 1. The molecule has 0 radical (unpaired) electrons. The Morgan fingerprint density at radius 1 is 1.11 bits per heavy atom. The summed E-state index contributed by atoms with van der Waals surface area (Å²) < 4.78 is 12.2. The van der Waals surface area contributed by atoms with Crippen LogP contribution in [-0.2, 0) is 4.79 Å². The Kier molecular flexibility index (Phi) is 7.20. The molecule has 1 aliphatic rings. The van der Waals surface area contributed by atoms with E-state index in [2.05, 4.69) is 10.6 Å². The van der Waals surface area contributed by atoms with Gasteiger partial charge >= 0.3 is 12.3 Å². The standard InChI is InChI=1S/C29H30N4O4/c30-25-8-2-3-9-26(25)32-29(35)21-11-13-24(14-12-21)36-17-16-33(20-34,19-23-7-5-15-31-23)28-18-22-6-1-4-10-27(22)37-28/h1-4,6,8-14,18,20,23,31H,5,7,15-17,19,30H2/p+1. The highest BCUT2D eigenvalue weighted by molar-refractivity contribution is 6.05. The molecule has 2 atom stereocenters. The number of benzene rings is 3. The molecule has 8 nitrogen and oxygen atoms in total. The van der Waals surface area contributed by atoms with Crippen molar-refractivity contribution in [1.82, 2.24) is 9.80 Å². The van der Waals surface area contributed by atoms with E-state index in [0.717, 1.165) is 36.8 Å². The summed E-state index contributed by atoms with van der Waals surface area (Å²) in [6.45, 7) is 2.26. The average molecular weight is 500 g/mol. The molecule has 1 aliphatic heterocycles. The van der Waals surface area contributed by atoms with E-state index in [0.29, 0.717) is 48.3 Å². The summed E-state index contributed by atoms with van der Waals surface area (Å²) in [5.41, 5.74) is 8.23. The highest BCUT2D eigenvalue weighted by atomic mass is 16.5. The molecule has 5 rings (SSSR count). The maximum Gasteiger partial charge on any atom is 0.309 e. The summed E-state index contributed by atoms with van der Waals surface area (Å²) in [5, 5.41) is 7.28. The number of nitrogen functional groups attached to an aromatic ring is 1. The van der Waals surface area contributed by atoms with Gasteiger partial charge in [-0.2, -0.15) is 4.48 Å². The summed E-state index contributed by atoms with van der Waals surface area (Å²) in [5.74, 6) is 0.971. The lowest BCUT2D eigenvalue weighted by Crippen LogP contribution is -2.56. The van der Waals surface area contributed by atoms with E-state index in [4.69, 9.17) is 14.9 Å². The average Bonchev–Trinajstić information content (AvgIpc) is 3.60. The van der Waals surface area contributed by atoms with E-state index in [-0.39, 0.29) is 16.4 Å². The maximum atomic E-state index is 12.6. The van der Waals surface area contributed by atoms with Gasteiger partial charge in [-0.1, -0.05) is 30.3 Å². The van der Waals surface area contributed by atoms with Gasteiger partial charge in [0.1, 0.15) is 31.0 Å². The van der Waals surface area contributed by atoms with Crippen molar-refractivity contribution in [2.24, 2.45) is 0 Å². The number of anilines is 2. The lowest BCUT2D eigenvalue weighted by molar-refractivity contribution is -0.118. The van der Waals surface area contributed by atoms with Crippen molar-refractivity contribution in [2.45, 2.75) is 18.9 Å². The molecular formula is C29H31N4O4+. The second kappa shape index (κ2) is 10.9. The lowest BCUT2D eigenvalue weighted by Gasteiger charge is -2.31. The van der Waals surface area contributed by atoms with Crippen molar-refractivity contribution in [3.63, 3.8) is 0 Å². The maximum absolute atomic E-state index is 12.6. The van der Waals surface area contributed by atoms with Crippen LogP contribution in [0.3, 0.4) is 0 Å². The highest BCUT2D eigenvalue weighted by Gasteiger charge is 2.38. The van der Waals surface area contributed by atoms with Gasteiger partial charge in [0.2, 0.25) is 0 Å². The molecule has 1 fully saturated rings. The van der Waals surface area contributed by atoms with E-state index < -0.39 is 0 Å². The van der Waals surface area contributed by atoms with Crippen molar-refractivity contribution in [3.8, 4) is 5.75 Å². The second-order valence-electron chi connectivity index (χ2n) is 9.38. The second-order valence-corrected chi connectivity index (χ2v) is 9.38. The Morgan fingerprint density at radius 3 is 2.62 bits per heavy atom. The molecule has 37 heavy (non-hydrogen) atoms. The van der Waals surface area contributed by atoms with Gasteiger partial charge in [0, 0.05) is 10.9 Å². The van der Waals surface area contributed by atoms with Gasteiger partial charge in [-0.15, -0.1) is 0 Å². The summed E-state index contributed by atoms with van der Waals surface area (Å²) >= 11 is 0. The van der Waals surface area contributed by atoms with Crippen molar-refractivity contribution in [3.05, 3.63) is 84.4 Å². The molecule has 4 aromatic rings. The van der Waals surface area contributed by atoms with Crippen LogP contribution in [-0.4, -0.2) is 44.6 Å². The van der Waals surface area contributed by atoms with Crippen LogP contribution in [0.25, 0.3) is 11.0 Å². The van der Waals surface area contributed by atoms with Gasteiger partial charge in [0.25, 0.3) is 5.91 Å². The molecule has 3 aromatic carbocycles. The molecule has 0 saturated carbocycles. The molecule has 4 N–H and O–H groups in total. The van der Waals surface area contributed by atoms with E-state index in [1.807, 2.05) is 42.5 Å². The predicted octanol–water partition coefficient (Wildman–Crippen LogP) is 4.56. The first kappa shape index (κ1) is 24.5. The summed E-state index contributed by atoms with van der Waals surface area (Å²) in [6.07, 6.45) is 3.08. The van der Waals surface area contributed by atoms with Crippen LogP contribution in [0.1, 0.15) is 23.2 Å². The zero-order chi connectivity index (χ0) is 25.7. The van der Waals surface area contributed by atoms with Gasteiger partial charge in [-0.3, -0.25) is 4.79 Å². The highest BCUT2D eigenvalue weighted by Crippen LogP contribution is 2.31. The lowest BCUT2D eigenvalue weighted by atomic mass is 10.2. The molecular weight excluding hydrogens is 468 g/mol. The minimum atomic E-state index is -0.255. The fourth-order valence-corrected chi connectivity index (χ4v) is 4.77. The Balaban J connectivity index is 1.27. The van der Waals surface area contributed by atoms with E-state index in [9.17, 15) is 9.59 Å². The third kappa shape index (κ3) is 5.50. The molecule has 8 heteroatoms. The van der Waals surface area contributed by atoms with E-state index in [1.165, 1.54) is 0 Å². The minimum Gasteiger partial charge on any atom is -0.488 e. The largest absolute Gasteiger partial charge is 0.488 e. The number of quaternary nitrogens is 1. The van der Waals surface area contributed by atoms with Crippen molar-refractivity contribution in [1.29, 1.82) is 0 Å². The first-order valence-corrected chi connectivity index (χ1v) is 12.5. The number of nitrogens with one attached hydrogen (secondary N) is 2. The molecule has 0 aliphatic carbocycles. The van der Waals surface area contributed by atoms with Crippen molar-refractivity contribution >= 4 is 40.5 Å². The summed E-state index contributed by atoms with van der Waals surface area (Å²) in [7, 11) is 0. The molecule has 190 valence electrons. The van der Waals surface area contributed by atoms with Crippen LogP contribution >= 0.6 is 0 Å². The number of hydrogen-bond donors (Lipinski definition) is 3. The Morgan fingerprint density at radius 2 is 1.89 bits per heavy atom. The number of ether oxygens (including phenoxy) is 1. The zero-order valence-electron chi connectivity index (χ0n) is 20.6. The fourth-order valence-electron chi connectivity index (χ4n) is 4.77.